The molecule has 3 atom stereocenters. The highest BCUT2D eigenvalue weighted by atomic mass is 35.5. The monoisotopic (exact) mass is 428 g/mol. The van der Waals surface area contributed by atoms with Gasteiger partial charge in [-0.3, -0.25) is 10.3 Å². The van der Waals surface area contributed by atoms with Gasteiger partial charge in [0.2, 0.25) is 0 Å². The molecule has 0 aliphatic carbocycles. The summed E-state index contributed by atoms with van der Waals surface area (Å²) < 4.78 is 0. The fraction of sp³-hybridized carbons (Fsp3) is 0.500. The third-order valence-electron chi connectivity index (χ3n) is 6.50. The number of piperazine rings is 1. The first kappa shape index (κ1) is 21.8. The minimum absolute atomic E-state index is 0.250. The van der Waals surface area contributed by atoms with Gasteiger partial charge < -0.3 is 10.0 Å². The molecule has 6 heteroatoms. The van der Waals surface area contributed by atoms with E-state index in [0.29, 0.717) is 18.0 Å². The molecule has 0 radical (unpaired) electrons. The highest BCUT2D eigenvalue weighted by Crippen LogP contribution is 2.27. The van der Waals surface area contributed by atoms with Gasteiger partial charge in [-0.2, -0.15) is 0 Å². The van der Waals surface area contributed by atoms with Crippen LogP contribution in [0.2, 0.25) is 5.02 Å². The standard InChI is InChI=1S/C24H33ClN4O/c25-22-8-6-20(7-9-22)24-21(16-26-27-24)17-28-13-14-29(23(18-28)11-15-30)12-10-19-4-2-1-3-5-19/h1-9,21,23-24,26-27,30H,10-18H2. The van der Waals surface area contributed by atoms with Crippen LogP contribution < -0.4 is 10.9 Å². The van der Waals surface area contributed by atoms with Crippen LogP contribution in [0.15, 0.2) is 54.6 Å². The minimum Gasteiger partial charge on any atom is -0.396 e. The lowest BCUT2D eigenvalue weighted by Gasteiger charge is -2.42. The van der Waals surface area contributed by atoms with Crippen molar-refractivity contribution in [1.82, 2.24) is 20.7 Å². The zero-order chi connectivity index (χ0) is 20.8. The summed E-state index contributed by atoms with van der Waals surface area (Å²) >= 11 is 6.07. The Kier molecular flexibility index (Phi) is 7.77. The van der Waals surface area contributed by atoms with Crippen LogP contribution in [-0.4, -0.2) is 66.8 Å². The first-order valence-electron chi connectivity index (χ1n) is 11.1. The lowest BCUT2D eigenvalue weighted by molar-refractivity contribution is 0.0516. The van der Waals surface area contributed by atoms with E-state index in [4.69, 9.17) is 11.6 Å². The highest BCUT2D eigenvalue weighted by Gasteiger charge is 2.33. The van der Waals surface area contributed by atoms with Crippen molar-refractivity contribution in [2.24, 2.45) is 5.92 Å². The summed E-state index contributed by atoms with van der Waals surface area (Å²) in [7, 11) is 0. The average molecular weight is 429 g/mol. The molecule has 2 fully saturated rings. The minimum atomic E-state index is 0.250. The molecule has 2 aliphatic rings. The summed E-state index contributed by atoms with van der Waals surface area (Å²) in [6, 6.07) is 19.6. The number of aliphatic hydroxyl groups excluding tert-OH is 1. The summed E-state index contributed by atoms with van der Waals surface area (Å²) in [6.07, 6.45) is 1.91. The van der Waals surface area contributed by atoms with Crippen LogP contribution in [0.5, 0.6) is 0 Å². The van der Waals surface area contributed by atoms with Crippen LogP contribution in [0, 0.1) is 5.92 Å². The van der Waals surface area contributed by atoms with Gasteiger partial charge in [-0.05, 0) is 36.1 Å². The second-order valence-corrected chi connectivity index (χ2v) is 8.95. The van der Waals surface area contributed by atoms with Gasteiger partial charge >= 0.3 is 0 Å². The van der Waals surface area contributed by atoms with Crippen LogP contribution in [0.4, 0.5) is 0 Å². The first-order chi connectivity index (χ1) is 14.7. The van der Waals surface area contributed by atoms with Crippen molar-refractivity contribution in [3.8, 4) is 0 Å². The van der Waals surface area contributed by atoms with E-state index in [0.717, 1.165) is 57.1 Å². The van der Waals surface area contributed by atoms with Crippen molar-refractivity contribution < 1.29 is 5.11 Å². The molecule has 0 bridgehead atoms. The maximum absolute atomic E-state index is 9.63. The van der Waals surface area contributed by atoms with Gasteiger partial charge in [0.1, 0.15) is 0 Å². The third-order valence-corrected chi connectivity index (χ3v) is 6.75. The van der Waals surface area contributed by atoms with E-state index in [9.17, 15) is 5.11 Å². The molecule has 2 aliphatic heterocycles. The molecule has 0 amide bonds. The van der Waals surface area contributed by atoms with Crippen LogP contribution in [0.1, 0.15) is 23.6 Å². The smallest absolute Gasteiger partial charge is 0.0515 e. The van der Waals surface area contributed by atoms with Gasteiger partial charge in [0, 0.05) is 62.9 Å². The average Bonchev–Trinajstić information content (AvgIpc) is 3.23. The van der Waals surface area contributed by atoms with Crippen LogP contribution in [0.25, 0.3) is 0 Å². The summed E-state index contributed by atoms with van der Waals surface area (Å²) in [5.74, 6) is 0.511. The van der Waals surface area contributed by atoms with Gasteiger partial charge in [-0.15, -0.1) is 0 Å². The molecule has 2 heterocycles. The van der Waals surface area contributed by atoms with Gasteiger partial charge in [0.05, 0.1) is 6.04 Å². The maximum Gasteiger partial charge on any atom is 0.0515 e. The molecule has 2 aromatic rings. The predicted octanol–water partition coefficient (Wildman–Crippen LogP) is 2.72. The fourth-order valence-corrected chi connectivity index (χ4v) is 4.95. The van der Waals surface area contributed by atoms with Gasteiger partial charge in [-0.25, -0.2) is 5.43 Å². The second kappa shape index (κ2) is 10.7. The lowest BCUT2D eigenvalue weighted by atomic mass is 9.94. The van der Waals surface area contributed by atoms with E-state index in [1.165, 1.54) is 11.1 Å². The van der Waals surface area contributed by atoms with E-state index >= 15 is 0 Å². The van der Waals surface area contributed by atoms with Crippen molar-refractivity contribution in [2.45, 2.75) is 24.9 Å². The first-order valence-corrected chi connectivity index (χ1v) is 11.5. The third kappa shape index (κ3) is 5.61. The van der Waals surface area contributed by atoms with E-state index in [2.05, 4.69) is 63.1 Å². The molecular weight excluding hydrogens is 396 g/mol. The molecule has 4 rings (SSSR count). The lowest BCUT2D eigenvalue weighted by Crippen LogP contribution is -2.55. The van der Waals surface area contributed by atoms with E-state index in [1.807, 2.05) is 12.1 Å². The Morgan fingerprint density at radius 3 is 2.60 bits per heavy atom. The molecule has 5 nitrogen and oxygen atoms in total. The van der Waals surface area contributed by atoms with Crippen molar-refractivity contribution >= 4 is 11.6 Å². The maximum atomic E-state index is 9.63. The molecule has 0 aromatic heterocycles. The molecule has 0 saturated carbocycles. The zero-order valence-corrected chi connectivity index (χ0v) is 18.3. The van der Waals surface area contributed by atoms with E-state index in [-0.39, 0.29) is 6.61 Å². The quantitative estimate of drug-likeness (QED) is 0.603. The normalized spacial score (nSPS) is 25.6. The molecule has 30 heavy (non-hydrogen) atoms. The molecule has 3 unspecified atom stereocenters. The van der Waals surface area contributed by atoms with Gasteiger partial charge in [-0.1, -0.05) is 54.1 Å². The topological polar surface area (TPSA) is 50.8 Å². The number of halogens is 1. The molecule has 0 spiro atoms. The number of nitrogens with zero attached hydrogens (tertiary/aromatic N) is 2. The van der Waals surface area contributed by atoms with Crippen molar-refractivity contribution in [3.05, 3.63) is 70.7 Å². The van der Waals surface area contributed by atoms with Gasteiger partial charge in [0.15, 0.2) is 0 Å². The second-order valence-electron chi connectivity index (χ2n) is 8.51. The molecule has 2 saturated heterocycles. The van der Waals surface area contributed by atoms with Crippen molar-refractivity contribution in [1.29, 1.82) is 0 Å². The van der Waals surface area contributed by atoms with E-state index in [1.54, 1.807) is 0 Å². The summed E-state index contributed by atoms with van der Waals surface area (Å²) in [4.78, 5) is 5.16. The van der Waals surface area contributed by atoms with Crippen LogP contribution >= 0.6 is 11.6 Å². The highest BCUT2D eigenvalue weighted by molar-refractivity contribution is 6.30. The van der Waals surface area contributed by atoms with Gasteiger partial charge in [0.25, 0.3) is 0 Å². The summed E-state index contributed by atoms with van der Waals surface area (Å²) in [5, 5.41) is 10.4. The number of nitrogens with one attached hydrogen (secondary N) is 2. The van der Waals surface area contributed by atoms with Crippen molar-refractivity contribution in [3.63, 3.8) is 0 Å². The number of benzene rings is 2. The number of hydrazine groups is 1. The predicted molar refractivity (Wildman–Crippen MR) is 122 cm³/mol. The Balaban J connectivity index is 1.33. The molecular formula is C24H33ClN4O. The summed E-state index contributed by atoms with van der Waals surface area (Å²) in [6.45, 7) is 6.51. The Morgan fingerprint density at radius 1 is 1.03 bits per heavy atom. The Morgan fingerprint density at radius 2 is 1.83 bits per heavy atom. The fourth-order valence-electron chi connectivity index (χ4n) is 4.82. The van der Waals surface area contributed by atoms with Crippen LogP contribution in [-0.2, 0) is 6.42 Å². The number of hydrogen-bond donors (Lipinski definition) is 3. The number of rotatable bonds is 8. The Hall–Kier alpha value is -1.47. The molecule has 2 aromatic carbocycles. The van der Waals surface area contributed by atoms with E-state index < -0.39 is 0 Å². The SMILES string of the molecule is OCCC1CN(CC2CNNC2c2ccc(Cl)cc2)CCN1CCc1ccccc1. The Labute approximate surface area is 185 Å². The molecule has 162 valence electrons. The molecule has 3 N–H and O–H groups in total. The Bertz CT molecular complexity index is 773. The zero-order valence-electron chi connectivity index (χ0n) is 17.5. The number of aliphatic hydroxyl groups is 1. The largest absolute Gasteiger partial charge is 0.396 e. The summed E-state index contributed by atoms with van der Waals surface area (Å²) in [5.41, 5.74) is 9.46. The number of hydrogen-bond acceptors (Lipinski definition) is 5. The van der Waals surface area contributed by atoms with Crippen molar-refractivity contribution in [2.75, 3.05) is 45.9 Å². The van der Waals surface area contributed by atoms with Crippen LogP contribution in [0.3, 0.4) is 0 Å².